The summed E-state index contributed by atoms with van der Waals surface area (Å²) in [6, 6.07) is 0. The van der Waals surface area contributed by atoms with E-state index in [2.05, 4.69) is 20.8 Å². The molecule has 2 heteroatoms. The van der Waals surface area contributed by atoms with Crippen molar-refractivity contribution in [3.05, 3.63) is 0 Å². The highest BCUT2D eigenvalue weighted by atomic mass is 16.5. The zero-order valence-corrected chi connectivity index (χ0v) is 16.9. The van der Waals surface area contributed by atoms with E-state index in [4.69, 9.17) is 4.74 Å². The summed E-state index contributed by atoms with van der Waals surface area (Å²) in [7, 11) is 1.55. The van der Waals surface area contributed by atoms with E-state index in [0.717, 1.165) is 23.7 Å². The van der Waals surface area contributed by atoms with Crippen molar-refractivity contribution in [2.75, 3.05) is 7.11 Å². The number of hydrogen-bond acceptors (Lipinski definition) is 2. The fourth-order valence-corrected chi connectivity index (χ4v) is 8.51. The molecule has 0 spiro atoms. The van der Waals surface area contributed by atoms with E-state index in [-0.39, 0.29) is 11.9 Å². The number of carbonyl (C=O) groups excluding carboxylic acids is 1. The van der Waals surface area contributed by atoms with Crippen LogP contribution in [-0.2, 0) is 9.53 Å². The third kappa shape index (κ3) is 2.52. The molecule has 4 rings (SSSR count). The van der Waals surface area contributed by atoms with Gasteiger partial charge < -0.3 is 4.74 Å². The molecule has 4 fully saturated rings. The number of carbonyl (C=O) groups is 1. The van der Waals surface area contributed by atoms with Crippen LogP contribution in [0.3, 0.4) is 0 Å². The molecule has 0 unspecified atom stereocenters. The quantitative estimate of drug-likeness (QED) is 0.587. The van der Waals surface area contributed by atoms with Crippen molar-refractivity contribution in [2.45, 2.75) is 85.0 Å². The lowest BCUT2D eigenvalue weighted by atomic mass is 9.44. The summed E-state index contributed by atoms with van der Waals surface area (Å²) in [5.74, 6) is 4.34. The molecule has 0 aromatic rings. The van der Waals surface area contributed by atoms with E-state index in [9.17, 15) is 4.79 Å². The summed E-state index contributed by atoms with van der Waals surface area (Å²) in [6.07, 6.45) is 14.2. The molecule has 2 nitrogen and oxygen atoms in total. The minimum atomic E-state index is 0.0111. The first-order chi connectivity index (χ1) is 11.9. The molecule has 0 heterocycles. The van der Waals surface area contributed by atoms with E-state index in [0.29, 0.717) is 16.7 Å². The summed E-state index contributed by atoms with van der Waals surface area (Å²) >= 11 is 0. The van der Waals surface area contributed by atoms with Gasteiger partial charge in [0, 0.05) is 0 Å². The van der Waals surface area contributed by atoms with Crippen molar-refractivity contribution >= 4 is 5.97 Å². The molecule has 4 aliphatic carbocycles. The van der Waals surface area contributed by atoms with Crippen LogP contribution in [0.15, 0.2) is 0 Å². The largest absolute Gasteiger partial charge is 0.469 e. The van der Waals surface area contributed by atoms with Crippen LogP contribution in [-0.4, -0.2) is 13.1 Å². The van der Waals surface area contributed by atoms with Gasteiger partial charge in [-0.25, -0.2) is 0 Å². The molecule has 0 amide bonds. The lowest BCUT2D eigenvalue weighted by Crippen LogP contribution is -2.53. The van der Waals surface area contributed by atoms with Gasteiger partial charge in [0.2, 0.25) is 0 Å². The van der Waals surface area contributed by atoms with Crippen molar-refractivity contribution in [3.63, 3.8) is 0 Å². The second-order valence-electron chi connectivity index (χ2n) is 10.4. The van der Waals surface area contributed by atoms with Gasteiger partial charge in [0.1, 0.15) is 0 Å². The van der Waals surface area contributed by atoms with Crippen LogP contribution < -0.4 is 0 Å². The minimum absolute atomic E-state index is 0.0111. The second kappa shape index (κ2) is 6.27. The SMILES string of the molecule is COC(=O)[C@H](C)[C@H]1CC[C@H]2[C@@H]3CC[C@@H]4CCCC[C@]4(C)[C@H]3CC[C@]12C. The van der Waals surface area contributed by atoms with Gasteiger partial charge in [-0.15, -0.1) is 0 Å². The Kier molecular flexibility index (Phi) is 4.48. The molecule has 0 saturated heterocycles. The molecular formula is C23H38O2. The Balaban J connectivity index is 1.58. The number of esters is 1. The predicted molar refractivity (Wildman–Crippen MR) is 101 cm³/mol. The normalized spacial score (nSPS) is 50.3. The van der Waals surface area contributed by atoms with Crippen LogP contribution in [0.2, 0.25) is 0 Å². The first-order valence-electron chi connectivity index (χ1n) is 11.0. The standard InChI is InChI=1S/C23H38O2/c1-15(21(24)25-4)18-10-11-19-17-9-8-16-7-5-6-13-22(16,2)20(17)12-14-23(18,19)3/h15-20H,5-14H2,1-4H3/t15-,16+,17+,18-,19+,20+,22+,23-/m1/s1. The fraction of sp³-hybridized carbons (Fsp3) is 0.957. The Labute approximate surface area is 154 Å². The first kappa shape index (κ1) is 17.9. The predicted octanol–water partition coefficient (Wildman–Crippen LogP) is 5.84. The average molecular weight is 347 g/mol. The van der Waals surface area contributed by atoms with Crippen molar-refractivity contribution in [1.82, 2.24) is 0 Å². The van der Waals surface area contributed by atoms with Crippen LogP contribution in [0, 0.1) is 46.3 Å². The van der Waals surface area contributed by atoms with Crippen molar-refractivity contribution < 1.29 is 9.53 Å². The molecule has 0 radical (unpaired) electrons. The monoisotopic (exact) mass is 346 g/mol. The highest BCUT2D eigenvalue weighted by molar-refractivity contribution is 5.72. The smallest absolute Gasteiger partial charge is 0.308 e. The van der Waals surface area contributed by atoms with Gasteiger partial charge >= 0.3 is 5.97 Å². The minimum Gasteiger partial charge on any atom is -0.469 e. The maximum absolute atomic E-state index is 12.2. The van der Waals surface area contributed by atoms with Gasteiger partial charge in [-0.2, -0.15) is 0 Å². The highest BCUT2D eigenvalue weighted by Gasteiger charge is 2.60. The van der Waals surface area contributed by atoms with Gasteiger partial charge in [-0.05, 0) is 91.8 Å². The zero-order valence-electron chi connectivity index (χ0n) is 16.9. The molecule has 0 N–H and O–H groups in total. The van der Waals surface area contributed by atoms with Crippen LogP contribution >= 0.6 is 0 Å². The Hall–Kier alpha value is -0.530. The third-order valence-electron chi connectivity index (χ3n) is 9.83. The maximum atomic E-state index is 12.2. The molecule has 4 aliphatic rings. The summed E-state index contributed by atoms with van der Waals surface area (Å²) < 4.78 is 5.10. The number of ether oxygens (including phenoxy) is 1. The third-order valence-corrected chi connectivity index (χ3v) is 9.83. The summed E-state index contributed by atoms with van der Waals surface area (Å²) in [5, 5.41) is 0. The number of rotatable bonds is 2. The molecule has 0 bridgehead atoms. The number of fused-ring (bicyclic) bond motifs is 5. The van der Waals surface area contributed by atoms with E-state index >= 15 is 0 Å². The average Bonchev–Trinajstić information content (AvgIpc) is 2.97. The summed E-state index contributed by atoms with van der Waals surface area (Å²) in [6.45, 7) is 7.30. The van der Waals surface area contributed by atoms with Crippen LogP contribution in [0.25, 0.3) is 0 Å². The van der Waals surface area contributed by atoms with Crippen LogP contribution in [0.1, 0.15) is 85.0 Å². The Bertz CT molecular complexity index is 528. The van der Waals surface area contributed by atoms with E-state index in [1.54, 1.807) is 7.11 Å². The topological polar surface area (TPSA) is 26.3 Å². The van der Waals surface area contributed by atoms with Gasteiger partial charge in [-0.3, -0.25) is 4.79 Å². The lowest BCUT2D eigenvalue weighted by Gasteiger charge is -2.60. The first-order valence-corrected chi connectivity index (χ1v) is 11.0. The fourth-order valence-electron chi connectivity index (χ4n) is 8.51. The van der Waals surface area contributed by atoms with E-state index in [1.807, 2.05) is 0 Å². The summed E-state index contributed by atoms with van der Waals surface area (Å²) in [4.78, 5) is 12.2. The van der Waals surface area contributed by atoms with E-state index < -0.39 is 0 Å². The van der Waals surface area contributed by atoms with Gasteiger partial charge in [0.05, 0.1) is 13.0 Å². The number of hydrogen-bond donors (Lipinski definition) is 0. The molecule has 8 atom stereocenters. The van der Waals surface area contributed by atoms with Crippen molar-refractivity contribution in [1.29, 1.82) is 0 Å². The molecule has 4 saturated carbocycles. The molecule has 0 aromatic carbocycles. The van der Waals surface area contributed by atoms with Crippen LogP contribution in [0.4, 0.5) is 0 Å². The molecule has 142 valence electrons. The maximum Gasteiger partial charge on any atom is 0.308 e. The second-order valence-corrected chi connectivity index (χ2v) is 10.4. The molecule has 0 aliphatic heterocycles. The van der Waals surface area contributed by atoms with Crippen LogP contribution in [0.5, 0.6) is 0 Å². The van der Waals surface area contributed by atoms with Gasteiger partial charge in [-0.1, -0.05) is 33.6 Å². The van der Waals surface area contributed by atoms with Gasteiger partial charge in [0.15, 0.2) is 0 Å². The van der Waals surface area contributed by atoms with E-state index in [1.165, 1.54) is 64.2 Å². The Morgan fingerprint density at radius 2 is 1.68 bits per heavy atom. The highest BCUT2D eigenvalue weighted by Crippen LogP contribution is 2.68. The Morgan fingerprint density at radius 1 is 0.920 bits per heavy atom. The molecule has 0 aromatic heterocycles. The number of methoxy groups -OCH3 is 1. The molecule has 25 heavy (non-hydrogen) atoms. The Morgan fingerprint density at radius 3 is 2.44 bits per heavy atom. The molecular weight excluding hydrogens is 308 g/mol. The van der Waals surface area contributed by atoms with Crippen molar-refractivity contribution in [3.8, 4) is 0 Å². The zero-order chi connectivity index (χ0) is 17.8. The lowest BCUT2D eigenvalue weighted by molar-refractivity contribution is -0.151. The summed E-state index contributed by atoms with van der Waals surface area (Å²) in [5.41, 5.74) is 0.987. The van der Waals surface area contributed by atoms with Crippen molar-refractivity contribution in [2.24, 2.45) is 46.3 Å². The van der Waals surface area contributed by atoms with Gasteiger partial charge in [0.25, 0.3) is 0 Å².